The van der Waals surface area contributed by atoms with Gasteiger partial charge in [-0.2, -0.15) is 0 Å². The number of methoxy groups -OCH3 is 1. The third-order valence-corrected chi connectivity index (χ3v) is 2.90. The Hall–Kier alpha value is -0.870. The molecule has 0 N–H and O–H groups in total. The van der Waals surface area contributed by atoms with E-state index in [2.05, 4.69) is 4.98 Å². The van der Waals surface area contributed by atoms with Gasteiger partial charge >= 0.3 is 0 Å². The maximum absolute atomic E-state index is 11.1. The number of thioether (sulfide) groups is 1. The van der Waals surface area contributed by atoms with E-state index in [1.165, 1.54) is 0 Å². The third-order valence-electron chi connectivity index (χ3n) is 1.88. The zero-order valence-corrected chi connectivity index (χ0v) is 9.84. The van der Waals surface area contributed by atoms with Gasteiger partial charge in [-0.15, -0.1) is 11.8 Å². The molecule has 0 saturated heterocycles. The zero-order chi connectivity index (χ0) is 11.1. The van der Waals surface area contributed by atoms with Crippen LogP contribution in [-0.2, 0) is 4.74 Å². The van der Waals surface area contributed by atoms with E-state index in [9.17, 15) is 4.79 Å². The summed E-state index contributed by atoms with van der Waals surface area (Å²) in [6, 6.07) is 3.57. The lowest BCUT2D eigenvalue weighted by Crippen LogP contribution is -1.94. The van der Waals surface area contributed by atoms with Crippen LogP contribution in [0.4, 0.5) is 0 Å². The van der Waals surface area contributed by atoms with Gasteiger partial charge < -0.3 is 4.74 Å². The summed E-state index contributed by atoms with van der Waals surface area (Å²) < 4.78 is 4.95. The molecule has 0 saturated carbocycles. The van der Waals surface area contributed by atoms with Crippen molar-refractivity contribution in [1.29, 1.82) is 0 Å². The van der Waals surface area contributed by atoms with Crippen LogP contribution < -0.4 is 0 Å². The van der Waals surface area contributed by atoms with Crippen LogP contribution in [0.1, 0.15) is 23.7 Å². The second-order valence-electron chi connectivity index (χ2n) is 3.13. The first-order valence-corrected chi connectivity index (χ1v) is 5.81. The van der Waals surface area contributed by atoms with E-state index >= 15 is 0 Å². The number of ether oxygens (including phenoxy) is 1. The van der Waals surface area contributed by atoms with E-state index in [-0.39, 0.29) is 5.78 Å². The Morgan fingerprint density at radius 1 is 1.60 bits per heavy atom. The SMILES string of the molecule is COCCCSc1cc(C(C)=O)ccn1. The molecule has 4 heteroatoms. The molecule has 0 spiro atoms. The average Bonchev–Trinajstić information content (AvgIpc) is 2.25. The number of hydrogen-bond acceptors (Lipinski definition) is 4. The van der Waals surface area contributed by atoms with Crippen molar-refractivity contribution in [3.63, 3.8) is 0 Å². The fraction of sp³-hybridized carbons (Fsp3) is 0.455. The van der Waals surface area contributed by atoms with Crippen molar-refractivity contribution in [3.05, 3.63) is 23.9 Å². The average molecular weight is 225 g/mol. The number of ketones is 1. The summed E-state index contributed by atoms with van der Waals surface area (Å²) >= 11 is 1.65. The first-order chi connectivity index (χ1) is 7.24. The van der Waals surface area contributed by atoms with Gasteiger partial charge in [0.2, 0.25) is 0 Å². The van der Waals surface area contributed by atoms with Gasteiger partial charge in [-0.05, 0) is 25.5 Å². The van der Waals surface area contributed by atoms with Crippen LogP contribution in [-0.4, -0.2) is 30.2 Å². The van der Waals surface area contributed by atoms with E-state index in [1.807, 2.05) is 6.07 Å². The van der Waals surface area contributed by atoms with E-state index in [1.54, 1.807) is 38.1 Å². The van der Waals surface area contributed by atoms with Crippen molar-refractivity contribution in [1.82, 2.24) is 4.98 Å². The lowest BCUT2D eigenvalue weighted by atomic mass is 10.2. The molecule has 82 valence electrons. The highest BCUT2D eigenvalue weighted by Crippen LogP contribution is 2.17. The molecule has 0 aliphatic rings. The number of aromatic nitrogens is 1. The quantitative estimate of drug-likeness (QED) is 0.423. The molecule has 0 bridgehead atoms. The minimum Gasteiger partial charge on any atom is -0.385 e. The van der Waals surface area contributed by atoms with Crippen molar-refractivity contribution in [2.45, 2.75) is 18.4 Å². The van der Waals surface area contributed by atoms with Gasteiger partial charge in [0.25, 0.3) is 0 Å². The second kappa shape index (κ2) is 6.58. The number of pyridine rings is 1. The first kappa shape index (κ1) is 12.2. The van der Waals surface area contributed by atoms with Crippen LogP contribution in [0.25, 0.3) is 0 Å². The molecular weight excluding hydrogens is 210 g/mol. The van der Waals surface area contributed by atoms with Gasteiger partial charge in [-0.25, -0.2) is 4.98 Å². The number of rotatable bonds is 6. The highest BCUT2D eigenvalue weighted by molar-refractivity contribution is 7.99. The highest BCUT2D eigenvalue weighted by atomic mass is 32.2. The summed E-state index contributed by atoms with van der Waals surface area (Å²) in [4.78, 5) is 15.3. The number of Topliss-reactive ketones (excluding diaryl/α,β-unsaturated/α-hetero) is 1. The molecule has 0 aromatic carbocycles. The van der Waals surface area contributed by atoms with Crippen molar-refractivity contribution >= 4 is 17.5 Å². The number of nitrogens with zero attached hydrogens (tertiary/aromatic N) is 1. The van der Waals surface area contributed by atoms with Crippen LogP contribution in [0.15, 0.2) is 23.4 Å². The lowest BCUT2D eigenvalue weighted by Gasteiger charge is -2.01. The fourth-order valence-electron chi connectivity index (χ4n) is 1.09. The Morgan fingerprint density at radius 2 is 2.40 bits per heavy atom. The van der Waals surface area contributed by atoms with E-state index in [4.69, 9.17) is 4.74 Å². The molecule has 0 unspecified atom stereocenters. The summed E-state index contributed by atoms with van der Waals surface area (Å²) in [5.41, 5.74) is 0.722. The Labute approximate surface area is 94.2 Å². The molecule has 0 aliphatic carbocycles. The molecule has 1 aromatic rings. The zero-order valence-electron chi connectivity index (χ0n) is 9.03. The minimum absolute atomic E-state index is 0.0798. The number of carbonyl (C=O) groups excluding carboxylic acids is 1. The monoisotopic (exact) mass is 225 g/mol. The van der Waals surface area contributed by atoms with Crippen molar-refractivity contribution in [2.24, 2.45) is 0 Å². The van der Waals surface area contributed by atoms with Gasteiger partial charge in [0.15, 0.2) is 5.78 Å². The molecule has 1 heterocycles. The van der Waals surface area contributed by atoms with E-state index < -0.39 is 0 Å². The summed E-state index contributed by atoms with van der Waals surface area (Å²) in [6.07, 6.45) is 2.67. The Balaban J connectivity index is 2.47. The molecule has 15 heavy (non-hydrogen) atoms. The Kier molecular flexibility index (Phi) is 5.36. The molecule has 0 radical (unpaired) electrons. The van der Waals surface area contributed by atoms with Gasteiger partial charge in [-0.1, -0.05) is 0 Å². The fourth-order valence-corrected chi connectivity index (χ4v) is 1.90. The van der Waals surface area contributed by atoms with E-state index in [0.717, 1.165) is 29.4 Å². The number of hydrogen-bond donors (Lipinski definition) is 0. The topological polar surface area (TPSA) is 39.2 Å². The standard InChI is InChI=1S/C11H15NO2S/c1-9(13)10-4-5-12-11(8-10)15-7-3-6-14-2/h4-5,8H,3,6-7H2,1-2H3. The molecule has 0 atom stereocenters. The molecular formula is C11H15NO2S. The molecule has 0 amide bonds. The Morgan fingerprint density at radius 3 is 3.07 bits per heavy atom. The summed E-state index contributed by atoms with van der Waals surface area (Å²) in [5.74, 6) is 1.04. The van der Waals surface area contributed by atoms with Gasteiger partial charge in [0.05, 0.1) is 5.03 Å². The van der Waals surface area contributed by atoms with Gasteiger partial charge in [-0.3, -0.25) is 4.79 Å². The Bertz CT molecular complexity index is 328. The van der Waals surface area contributed by atoms with Crippen LogP contribution in [0.5, 0.6) is 0 Å². The molecule has 1 rings (SSSR count). The van der Waals surface area contributed by atoms with Gasteiger partial charge in [0, 0.05) is 31.2 Å². The largest absolute Gasteiger partial charge is 0.385 e. The predicted molar refractivity (Wildman–Crippen MR) is 61.5 cm³/mol. The summed E-state index contributed by atoms with van der Waals surface area (Å²) in [5, 5.41) is 0.902. The van der Waals surface area contributed by atoms with Crippen molar-refractivity contribution in [2.75, 3.05) is 19.5 Å². The molecule has 0 fully saturated rings. The maximum atomic E-state index is 11.1. The summed E-state index contributed by atoms with van der Waals surface area (Å²) in [6.45, 7) is 2.33. The molecule has 0 aliphatic heterocycles. The normalized spacial score (nSPS) is 10.3. The highest BCUT2D eigenvalue weighted by Gasteiger charge is 2.01. The van der Waals surface area contributed by atoms with E-state index in [0.29, 0.717) is 0 Å². The lowest BCUT2D eigenvalue weighted by molar-refractivity contribution is 0.101. The smallest absolute Gasteiger partial charge is 0.159 e. The van der Waals surface area contributed by atoms with Gasteiger partial charge in [0.1, 0.15) is 0 Å². The van der Waals surface area contributed by atoms with Crippen LogP contribution >= 0.6 is 11.8 Å². The summed E-state index contributed by atoms with van der Waals surface area (Å²) in [7, 11) is 1.69. The van der Waals surface area contributed by atoms with Crippen molar-refractivity contribution < 1.29 is 9.53 Å². The predicted octanol–water partition coefficient (Wildman–Crippen LogP) is 2.41. The minimum atomic E-state index is 0.0798. The first-order valence-electron chi connectivity index (χ1n) is 4.83. The third kappa shape index (κ3) is 4.44. The van der Waals surface area contributed by atoms with Crippen LogP contribution in [0.2, 0.25) is 0 Å². The van der Waals surface area contributed by atoms with Crippen LogP contribution in [0, 0.1) is 0 Å². The molecule has 1 aromatic heterocycles. The second-order valence-corrected chi connectivity index (χ2v) is 4.25. The molecule has 3 nitrogen and oxygen atoms in total. The number of carbonyl (C=O) groups is 1. The van der Waals surface area contributed by atoms with Crippen molar-refractivity contribution in [3.8, 4) is 0 Å². The van der Waals surface area contributed by atoms with Crippen LogP contribution in [0.3, 0.4) is 0 Å². The maximum Gasteiger partial charge on any atom is 0.159 e.